The Kier molecular flexibility index (Phi) is 4.13. The second-order valence-corrected chi connectivity index (χ2v) is 6.24. The van der Waals surface area contributed by atoms with Crippen LogP contribution in [0.25, 0.3) is 0 Å². The third-order valence-electron chi connectivity index (χ3n) is 4.76. The zero-order valence-electron chi connectivity index (χ0n) is 13.2. The number of hydrogen-bond donors (Lipinski definition) is 4. The number of imide groups is 1. The van der Waals surface area contributed by atoms with Gasteiger partial charge in [-0.15, -0.1) is 0 Å². The molecule has 1 aliphatic heterocycles. The number of halogens is 1. The van der Waals surface area contributed by atoms with E-state index in [-0.39, 0.29) is 24.1 Å². The number of benzene rings is 1. The van der Waals surface area contributed by atoms with Gasteiger partial charge in [-0.3, -0.25) is 10.1 Å². The minimum Gasteiger partial charge on any atom is -0.337 e. The quantitative estimate of drug-likeness (QED) is 0.632. The Balaban J connectivity index is 1.62. The van der Waals surface area contributed by atoms with Crippen LogP contribution in [0.3, 0.4) is 0 Å². The summed E-state index contributed by atoms with van der Waals surface area (Å²) in [7, 11) is 0. The number of carbonyl (C=O) groups excluding carboxylic acids is 3. The highest BCUT2D eigenvalue weighted by molar-refractivity contribution is 6.07. The average molecular weight is 334 g/mol. The Morgan fingerprint density at radius 1 is 1.42 bits per heavy atom. The molecule has 3 rings (SSSR count). The summed E-state index contributed by atoms with van der Waals surface area (Å²) in [6, 6.07) is 3.49. The van der Waals surface area contributed by atoms with Gasteiger partial charge in [-0.1, -0.05) is 18.6 Å². The Hall–Kier alpha value is -2.64. The first-order valence-electron chi connectivity index (χ1n) is 7.86. The molecule has 1 saturated carbocycles. The molecule has 4 N–H and O–H groups in total. The first kappa shape index (κ1) is 16.2. The maximum atomic E-state index is 13.7. The van der Waals surface area contributed by atoms with Gasteiger partial charge in [0.25, 0.3) is 5.91 Å². The van der Waals surface area contributed by atoms with Crippen LogP contribution in [0.15, 0.2) is 18.2 Å². The molecule has 0 radical (unpaired) electrons. The molecule has 1 aromatic carbocycles. The summed E-state index contributed by atoms with van der Waals surface area (Å²) in [5.41, 5.74) is -0.203. The smallest absolute Gasteiger partial charge is 0.322 e. The van der Waals surface area contributed by atoms with Crippen molar-refractivity contribution in [2.24, 2.45) is 5.92 Å². The van der Waals surface area contributed by atoms with Gasteiger partial charge in [-0.2, -0.15) is 0 Å². The van der Waals surface area contributed by atoms with E-state index >= 15 is 0 Å². The third kappa shape index (κ3) is 2.79. The van der Waals surface area contributed by atoms with Crippen molar-refractivity contribution in [2.75, 3.05) is 11.9 Å². The summed E-state index contributed by atoms with van der Waals surface area (Å²) in [6.07, 6.45) is 2.05. The van der Waals surface area contributed by atoms with Gasteiger partial charge in [0.2, 0.25) is 0 Å². The zero-order chi connectivity index (χ0) is 17.3. The molecule has 1 saturated heterocycles. The van der Waals surface area contributed by atoms with Crippen molar-refractivity contribution < 1.29 is 18.8 Å². The number of carbonyl (C=O) groups is 3. The summed E-state index contributed by atoms with van der Waals surface area (Å²) >= 11 is 0. The second kappa shape index (κ2) is 6.10. The van der Waals surface area contributed by atoms with Crippen LogP contribution in [-0.4, -0.2) is 30.1 Å². The molecule has 24 heavy (non-hydrogen) atoms. The fraction of sp³-hybridized carbons (Fsp3) is 0.438. The normalized spacial score (nSPS) is 25.5. The largest absolute Gasteiger partial charge is 0.337 e. The number of urea groups is 2. The average Bonchev–Trinajstić information content (AvgIpc) is 3.05. The van der Waals surface area contributed by atoms with Gasteiger partial charge in [-0.05, 0) is 31.4 Å². The SMILES string of the molecule is Cc1cccc(F)c1NC(=O)NC[C@@H]1CCC[C@]12NC(=O)NC2=O. The molecule has 2 atom stereocenters. The summed E-state index contributed by atoms with van der Waals surface area (Å²) < 4.78 is 13.7. The molecule has 0 aromatic heterocycles. The van der Waals surface area contributed by atoms with Crippen LogP contribution < -0.4 is 21.3 Å². The van der Waals surface area contributed by atoms with Crippen LogP contribution in [0.1, 0.15) is 24.8 Å². The van der Waals surface area contributed by atoms with Crippen molar-refractivity contribution in [3.05, 3.63) is 29.6 Å². The molecule has 7 nitrogen and oxygen atoms in total. The maximum absolute atomic E-state index is 13.7. The Morgan fingerprint density at radius 3 is 2.88 bits per heavy atom. The van der Waals surface area contributed by atoms with Gasteiger partial charge < -0.3 is 16.0 Å². The Bertz CT molecular complexity index is 688. The van der Waals surface area contributed by atoms with E-state index < -0.39 is 23.4 Å². The minimum absolute atomic E-state index is 0.128. The molecule has 0 unspecified atom stereocenters. The van der Waals surface area contributed by atoms with Crippen LogP contribution in [0.5, 0.6) is 0 Å². The number of anilines is 1. The van der Waals surface area contributed by atoms with Crippen molar-refractivity contribution in [3.8, 4) is 0 Å². The van der Waals surface area contributed by atoms with E-state index in [1.165, 1.54) is 6.07 Å². The zero-order valence-corrected chi connectivity index (χ0v) is 13.2. The lowest BCUT2D eigenvalue weighted by molar-refractivity contribution is -0.125. The summed E-state index contributed by atoms with van der Waals surface area (Å²) in [4.78, 5) is 35.5. The molecular weight excluding hydrogens is 315 g/mol. The Morgan fingerprint density at radius 2 is 2.21 bits per heavy atom. The number of aryl methyl sites for hydroxylation is 1. The molecule has 0 bridgehead atoms. The summed E-state index contributed by atoms with van der Waals surface area (Å²) in [5, 5.41) is 10.1. The maximum Gasteiger partial charge on any atom is 0.322 e. The van der Waals surface area contributed by atoms with E-state index in [2.05, 4.69) is 21.3 Å². The Labute approximate surface area is 138 Å². The number of para-hydroxylation sites is 1. The highest BCUT2D eigenvalue weighted by Gasteiger charge is 2.54. The van der Waals surface area contributed by atoms with Crippen LogP contribution in [0.4, 0.5) is 19.7 Å². The van der Waals surface area contributed by atoms with Crippen molar-refractivity contribution in [1.82, 2.24) is 16.0 Å². The predicted octanol–water partition coefficient (Wildman–Crippen LogP) is 1.63. The van der Waals surface area contributed by atoms with Crippen molar-refractivity contribution in [2.45, 2.75) is 31.7 Å². The van der Waals surface area contributed by atoms with Crippen molar-refractivity contribution in [3.63, 3.8) is 0 Å². The summed E-state index contributed by atoms with van der Waals surface area (Å²) in [5.74, 6) is -1.05. The fourth-order valence-electron chi connectivity index (χ4n) is 3.49. The first-order valence-corrected chi connectivity index (χ1v) is 7.86. The monoisotopic (exact) mass is 334 g/mol. The van der Waals surface area contributed by atoms with Gasteiger partial charge in [0.05, 0.1) is 5.69 Å². The minimum atomic E-state index is -0.946. The number of hydrogen-bond acceptors (Lipinski definition) is 3. The third-order valence-corrected chi connectivity index (χ3v) is 4.76. The van der Waals surface area contributed by atoms with Gasteiger partial charge in [0.1, 0.15) is 11.4 Å². The van der Waals surface area contributed by atoms with E-state index in [9.17, 15) is 18.8 Å². The van der Waals surface area contributed by atoms with E-state index in [1.54, 1.807) is 19.1 Å². The van der Waals surface area contributed by atoms with Gasteiger partial charge in [0, 0.05) is 12.5 Å². The molecule has 128 valence electrons. The van der Waals surface area contributed by atoms with Crippen LogP contribution >= 0.6 is 0 Å². The molecule has 2 aliphatic rings. The van der Waals surface area contributed by atoms with Gasteiger partial charge >= 0.3 is 12.1 Å². The van der Waals surface area contributed by atoms with Crippen LogP contribution in [0, 0.1) is 18.7 Å². The molecule has 1 aromatic rings. The fourth-order valence-corrected chi connectivity index (χ4v) is 3.49. The number of amides is 5. The molecule has 2 fully saturated rings. The van der Waals surface area contributed by atoms with Crippen LogP contribution in [0.2, 0.25) is 0 Å². The first-order chi connectivity index (χ1) is 11.4. The van der Waals surface area contributed by atoms with Gasteiger partial charge in [0.15, 0.2) is 0 Å². The highest BCUT2D eigenvalue weighted by atomic mass is 19.1. The van der Waals surface area contributed by atoms with Crippen molar-refractivity contribution >= 4 is 23.7 Å². The molecule has 8 heteroatoms. The van der Waals surface area contributed by atoms with E-state index in [4.69, 9.17) is 0 Å². The summed E-state index contributed by atoms with van der Waals surface area (Å²) in [6.45, 7) is 1.91. The van der Waals surface area contributed by atoms with Crippen molar-refractivity contribution in [1.29, 1.82) is 0 Å². The topological polar surface area (TPSA) is 99.3 Å². The lowest BCUT2D eigenvalue weighted by atomic mass is 9.87. The standard InChI is InChI=1S/C16H19FN4O3/c1-9-4-2-6-11(17)12(9)19-14(23)18-8-10-5-3-7-16(10)13(22)20-15(24)21-16/h2,4,6,10H,3,5,7-8H2,1H3,(H2,18,19,23)(H2,20,21,22,24)/t10-,16-/m0/s1. The van der Waals surface area contributed by atoms with E-state index in [1.807, 2.05) is 0 Å². The molecule has 1 aliphatic carbocycles. The highest BCUT2D eigenvalue weighted by Crippen LogP contribution is 2.37. The number of rotatable bonds is 3. The lowest BCUT2D eigenvalue weighted by Gasteiger charge is -2.28. The van der Waals surface area contributed by atoms with E-state index in [0.29, 0.717) is 18.4 Å². The predicted molar refractivity (Wildman–Crippen MR) is 84.9 cm³/mol. The molecule has 5 amide bonds. The lowest BCUT2D eigenvalue weighted by Crippen LogP contribution is -2.53. The van der Waals surface area contributed by atoms with Crippen LogP contribution in [-0.2, 0) is 4.79 Å². The second-order valence-electron chi connectivity index (χ2n) is 6.24. The molecular formula is C16H19FN4O3. The molecule has 1 spiro atoms. The number of nitrogens with one attached hydrogen (secondary N) is 4. The molecule has 1 heterocycles. The van der Waals surface area contributed by atoms with Gasteiger partial charge in [-0.25, -0.2) is 14.0 Å². The van der Waals surface area contributed by atoms with E-state index in [0.717, 1.165) is 6.42 Å².